The second kappa shape index (κ2) is 11.2. The van der Waals surface area contributed by atoms with Crippen molar-refractivity contribution in [2.75, 3.05) is 31.5 Å². The Morgan fingerprint density at radius 3 is 2.32 bits per heavy atom. The minimum Gasteiger partial charge on any atom is -0.336 e. The van der Waals surface area contributed by atoms with Crippen molar-refractivity contribution in [3.05, 3.63) is 52.6 Å². The van der Waals surface area contributed by atoms with Gasteiger partial charge >= 0.3 is 11.7 Å². The number of piperazine rings is 1. The van der Waals surface area contributed by atoms with Gasteiger partial charge < -0.3 is 27.0 Å². The fourth-order valence-corrected chi connectivity index (χ4v) is 5.02. The van der Waals surface area contributed by atoms with Gasteiger partial charge in [-0.1, -0.05) is 12.1 Å². The molecular formula is C26H39N9O3. The van der Waals surface area contributed by atoms with Gasteiger partial charge in [-0.25, -0.2) is 9.59 Å². The maximum absolute atomic E-state index is 13.0. The number of hydrogen-bond donors (Lipinski definition) is 4. The molecule has 2 fully saturated rings. The highest BCUT2D eigenvalue weighted by Gasteiger charge is 2.38. The van der Waals surface area contributed by atoms with Crippen LogP contribution in [0.4, 0.5) is 10.6 Å². The Morgan fingerprint density at radius 1 is 1.08 bits per heavy atom. The number of piperidine rings is 1. The molecule has 2 atom stereocenters. The van der Waals surface area contributed by atoms with E-state index in [9.17, 15) is 14.4 Å². The molecule has 0 radical (unpaired) electrons. The Bertz CT molecular complexity index is 1190. The van der Waals surface area contributed by atoms with Gasteiger partial charge in [0.05, 0.1) is 23.9 Å². The van der Waals surface area contributed by atoms with E-state index in [4.69, 9.17) is 17.2 Å². The van der Waals surface area contributed by atoms with Crippen LogP contribution < -0.4 is 28.2 Å². The molecule has 4 rings (SSSR count). The van der Waals surface area contributed by atoms with Crippen LogP contribution in [0.25, 0.3) is 5.69 Å². The molecule has 0 saturated carbocycles. The van der Waals surface area contributed by atoms with Gasteiger partial charge in [-0.05, 0) is 70.5 Å². The van der Waals surface area contributed by atoms with Crippen LogP contribution in [0.2, 0.25) is 0 Å². The van der Waals surface area contributed by atoms with Crippen molar-refractivity contribution in [1.29, 1.82) is 0 Å². The lowest BCUT2D eigenvalue weighted by atomic mass is 10.0. The number of aromatic nitrogens is 2. The number of hydrogen-bond acceptors (Lipinski definition) is 8. The SMILES string of the molecule is C[C@@H]1CN(C(=O)C(C)(C)N)C[C@H](N)N1C(=O)Nc1ccn(-c2ccc(CN3CCC(N)CC3)cc2)c(=O)n1. The van der Waals surface area contributed by atoms with Crippen LogP contribution in [0.15, 0.2) is 41.3 Å². The summed E-state index contributed by atoms with van der Waals surface area (Å²) in [7, 11) is 0. The largest absolute Gasteiger partial charge is 0.354 e. The first-order valence-electron chi connectivity index (χ1n) is 13.0. The third-order valence-corrected chi connectivity index (χ3v) is 7.09. The lowest BCUT2D eigenvalue weighted by Crippen LogP contribution is -2.67. The van der Waals surface area contributed by atoms with Gasteiger partial charge in [-0.15, -0.1) is 0 Å². The van der Waals surface area contributed by atoms with Gasteiger partial charge in [0, 0.05) is 31.4 Å². The highest BCUT2D eigenvalue weighted by atomic mass is 16.2. The molecule has 7 N–H and O–H groups in total. The summed E-state index contributed by atoms with van der Waals surface area (Å²) in [6.07, 6.45) is 2.87. The average Bonchev–Trinajstić information content (AvgIpc) is 2.84. The summed E-state index contributed by atoms with van der Waals surface area (Å²) in [4.78, 5) is 47.8. The number of carbonyl (C=O) groups is 2. The van der Waals surface area contributed by atoms with Gasteiger partial charge in [0.25, 0.3) is 0 Å². The number of anilines is 1. The molecule has 1 aromatic carbocycles. The Labute approximate surface area is 222 Å². The van der Waals surface area contributed by atoms with Crippen LogP contribution in [-0.4, -0.2) is 86.2 Å². The zero-order valence-electron chi connectivity index (χ0n) is 22.3. The maximum atomic E-state index is 13.0. The zero-order chi connectivity index (χ0) is 27.6. The summed E-state index contributed by atoms with van der Waals surface area (Å²) in [5, 5.41) is 2.66. The van der Waals surface area contributed by atoms with Crippen molar-refractivity contribution in [2.24, 2.45) is 17.2 Å². The molecule has 0 bridgehead atoms. The van der Waals surface area contributed by atoms with E-state index in [2.05, 4.69) is 15.2 Å². The maximum Gasteiger partial charge on any atom is 0.354 e. The molecule has 3 heterocycles. The first-order chi connectivity index (χ1) is 17.9. The number of benzene rings is 1. The summed E-state index contributed by atoms with van der Waals surface area (Å²) < 4.78 is 1.42. The number of carbonyl (C=O) groups excluding carboxylic acids is 2. The highest BCUT2D eigenvalue weighted by Crippen LogP contribution is 2.18. The molecule has 2 aromatic rings. The lowest BCUT2D eigenvalue weighted by Gasteiger charge is -2.45. The van der Waals surface area contributed by atoms with Gasteiger partial charge in [0.1, 0.15) is 5.82 Å². The minimum atomic E-state index is -1.03. The predicted molar refractivity (Wildman–Crippen MR) is 145 cm³/mol. The fourth-order valence-electron chi connectivity index (χ4n) is 5.02. The standard InChI is InChI=1S/C26H39N9O3/c1-17-14-33(23(36)26(2,3)29)16-21(28)35(17)25(38)31-22-10-13-34(24(37)30-22)20-6-4-18(5-7-20)15-32-11-8-19(27)9-12-32/h4-7,10,13,17,19,21H,8-9,11-12,14-16,27-29H2,1-3H3,(H,30,31,37,38)/t17-,21-/m1/s1. The van der Waals surface area contributed by atoms with Crippen molar-refractivity contribution < 1.29 is 9.59 Å². The molecule has 12 heteroatoms. The number of nitrogens with two attached hydrogens (primary N) is 3. The second-order valence-corrected chi connectivity index (χ2v) is 10.9. The Hall–Kier alpha value is -3.32. The summed E-state index contributed by atoms with van der Waals surface area (Å²) in [6, 6.07) is 8.80. The Morgan fingerprint density at radius 2 is 1.74 bits per heavy atom. The molecule has 1 aromatic heterocycles. The van der Waals surface area contributed by atoms with Crippen molar-refractivity contribution in [1.82, 2.24) is 24.3 Å². The third-order valence-electron chi connectivity index (χ3n) is 7.09. The molecule has 12 nitrogen and oxygen atoms in total. The van der Waals surface area contributed by atoms with Crippen molar-refractivity contribution in [3.8, 4) is 5.69 Å². The summed E-state index contributed by atoms with van der Waals surface area (Å²) >= 11 is 0. The quantitative estimate of drug-likeness (QED) is 0.430. The number of rotatable bonds is 5. The van der Waals surface area contributed by atoms with Gasteiger partial charge in [-0.2, -0.15) is 4.98 Å². The van der Waals surface area contributed by atoms with E-state index in [1.807, 2.05) is 24.3 Å². The highest BCUT2D eigenvalue weighted by molar-refractivity contribution is 5.89. The van der Waals surface area contributed by atoms with Crippen LogP contribution in [0.1, 0.15) is 39.2 Å². The van der Waals surface area contributed by atoms with Crippen LogP contribution in [-0.2, 0) is 11.3 Å². The number of nitrogens with zero attached hydrogens (tertiary/aromatic N) is 5. The van der Waals surface area contributed by atoms with E-state index < -0.39 is 23.4 Å². The van der Waals surface area contributed by atoms with E-state index in [1.165, 1.54) is 9.47 Å². The number of likely N-dealkylation sites (tertiary alicyclic amines) is 1. The van der Waals surface area contributed by atoms with Crippen molar-refractivity contribution in [3.63, 3.8) is 0 Å². The number of amides is 3. The monoisotopic (exact) mass is 525 g/mol. The molecule has 38 heavy (non-hydrogen) atoms. The molecule has 0 unspecified atom stereocenters. The predicted octanol–water partition coefficient (Wildman–Crippen LogP) is 0.242. The van der Waals surface area contributed by atoms with Crippen LogP contribution in [0.3, 0.4) is 0 Å². The summed E-state index contributed by atoms with van der Waals surface area (Å²) in [6.45, 7) is 8.36. The first-order valence-corrected chi connectivity index (χ1v) is 13.0. The summed E-state index contributed by atoms with van der Waals surface area (Å²) in [5.41, 5.74) is 18.5. The number of urea groups is 1. The Balaban J connectivity index is 1.38. The molecule has 2 aliphatic rings. The minimum absolute atomic E-state index is 0.122. The molecule has 2 saturated heterocycles. The van der Waals surface area contributed by atoms with Gasteiger partial charge in [0.2, 0.25) is 5.91 Å². The average molecular weight is 526 g/mol. The zero-order valence-corrected chi connectivity index (χ0v) is 22.3. The molecule has 0 aliphatic carbocycles. The Kier molecular flexibility index (Phi) is 8.16. The van der Waals surface area contributed by atoms with Gasteiger partial charge in [0.15, 0.2) is 0 Å². The number of nitrogens with one attached hydrogen (secondary N) is 1. The van der Waals surface area contributed by atoms with E-state index in [0.29, 0.717) is 18.3 Å². The molecule has 2 aliphatic heterocycles. The van der Waals surface area contributed by atoms with E-state index in [1.54, 1.807) is 37.9 Å². The summed E-state index contributed by atoms with van der Waals surface area (Å²) in [5.74, 6) is -0.105. The third kappa shape index (κ3) is 6.38. The van der Waals surface area contributed by atoms with E-state index in [0.717, 1.165) is 38.0 Å². The van der Waals surface area contributed by atoms with Crippen LogP contribution >= 0.6 is 0 Å². The first kappa shape index (κ1) is 27.7. The van der Waals surface area contributed by atoms with Crippen molar-refractivity contribution in [2.45, 2.75) is 63.9 Å². The topological polar surface area (TPSA) is 169 Å². The van der Waals surface area contributed by atoms with Gasteiger partial charge in [-0.3, -0.25) is 19.6 Å². The van der Waals surface area contributed by atoms with Crippen LogP contribution in [0, 0.1) is 0 Å². The van der Waals surface area contributed by atoms with Crippen LogP contribution in [0.5, 0.6) is 0 Å². The molecule has 0 spiro atoms. The molecule has 206 valence electrons. The van der Waals surface area contributed by atoms with E-state index >= 15 is 0 Å². The fraction of sp³-hybridized carbons (Fsp3) is 0.538. The van der Waals surface area contributed by atoms with Crippen molar-refractivity contribution >= 4 is 17.8 Å². The molecular weight excluding hydrogens is 486 g/mol. The normalized spacial score (nSPS) is 21.4. The van der Waals surface area contributed by atoms with E-state index in [-0.39, 0.29) is 24.3 Å². The smallest absolute Gasteiger partial charge is 0.336 e. The lowest BCUT2D eigenvalue weighted by molar-refractivity contribution is -0.139. The molecule has 3 amide bonds. The second-order valence-electron chi connectivity index (χ2n) is 10.9.